The first-order valence-electron chi connectivity index (χ1n) is 6.82. The van der Waals surface area contributed by atoms with E-state index in [-0.39, 0.29) is 11.3 Å². The molecule has 0 aliphatic heterocycles. The summed E-state index contributed by atoms with van der Waals surface area (Å²) in [5, 5.41) is 21.0. The molecule has 0 aliphatic carbocycles. The first-order valence-corrected chi connectivity index (χ1v) is 7.64. The fourth-order valence-corrected chi connectivity index (χ4v) is 3.36. The Morgan fingerprint density at radius 2 is 2.13 bits per heavy atom. The summed E-state index contributed by atoms with van der Waals surface area (Å²) < 4.78 is 1.11. The number of nitro benzene ring substituents is 1. The van der Waals surface area contributed by atoms with E-state index in [4.69, 9.17) is 0 Å². The van der Waals surface area contributed by atoms with E-state index in [1.807, 2.05) is 42.3 Å². The quantitative estimate of drug-likeness (QED) is 0.539. The number of nitro groups is 1. The van der Waals surface area contributed by atoms with Crippen LogP contribution in [0.2, 0.25) is 0 Å². The van der Waals surface area contributed by atoms with Crippen LogP contribution in [0.5, 0.6) is 0 Å². The Morgan fingerprint density at radius 3 is 2.83 bits per heavy atom. The molecule has 3 rings (SSSR count). The summed E-state index contributed by atoms with van der Waals surface area (Å²) in [7, 11) is 1.84. The van der Waals surface area contributed by atoms with Crippen LogP contribution in [0.15, 0.2) is 42.5 Å². The zero-order chi connectivity index (χ0) is 16.4. The van der Waals surface area contributed by atoms with Gasteiger partial charge >= 0.3 is 0 Å². The van der Waals surface area contributed by atoms with Crippen LogP contribution in [-0.2, 0) is 6.54 Å². The van der Waals surface area contributed by atoms with Crippen LogP contribution in [0.4, 0.5) is 11.4 Å². The van der Waals surface area contributed by atoms with Crippen molar-refractivity contribution in [2.75, 3.05) is 11.9 Å². The molecule has 0 atom stereocenters. The molecule has 0 radical (unpaired) electrons. The first-order chi connectivity index (χ1) is 11.1. The minimum Gasteiger partial charge on any atom is -0.367 e. The molecular formula is C16H12N4O2S. The van der Waals surface area contributed by atoms with Crippen LogP contribution >= 0.6 is 11.3 Å². The Bertz CT molecular complexity index is 896. The number of non-ortho nitro benzene ring substituents is 1. The maximum absolute atomic E-state index is 10.8. The van der Waals surface area contributed by atoms with Crippen molar-refractivity contribution in [3.8, 4) is 6.07 Å². The van der Waals surface area contributed by atoms with Gasteiger partial charge in [0, 0.05) is 19.2 Å². The maximum atomic E-state index is 10.8. The highest BCUT2D eigenvalue weighted by Crippen LogP contribution is 2.27. The molecule has 0 unspecified atom stereocenters. The topological polar surface area (TPSA) is 83.1 Å². The molecule has 23 heavy (non-hydrogen) atoms. The van der Waals surface area contributed by atoms with Gasteiger partial charge in [-0.3, -0.25) is 10.1 Å². The highest BCUT2D eigenvalue weighted by atomic mass is 32.1. The fourth-order valence-electron chi connectivity index (χ4n) is 2.34. The van der Waals surface area contributed by atoms with Crippen molar-refractivity contribution in [1.82, 2.24) is 4.98 Å². The van der Waals surface area contributed by atoms with Crippen LogP contribution in [0.1, 0.15) is 10.6 Å². The summed E-state index contributed by atoms with van der Waals surface area (Å²) in [6, 6.07) is 14.2. The molecular weight excluding hydrogens is 312 g/mol. The zero-order valence-corrected chi connectivity index (χ0v) is 13.1. The van der Waals surface area contributed by atoms with E-state index in [0.717, 1.165) is 15.2 Å². The van der Waals surface area contributed by atoms with Crippen molar-refractivity contribution >= 4 is 32.9 Å². The lowest BCUT2D eigenvalue weighted by Gasteiger charge is -2.18. The lowest BCUT2D eigenvalue weighted by molar-refractivity contribution is -0.384. The number of benzene rings is 2. The van der Waals surface area contributed by atoms with Crippen LogP contribution in [0.25, 0.3) is 10.2 Å². The molecule has 7 heteroatoms. The second kappa shape index (κ2) is 6.02. The smallest absolute Gasteiger partial charge is 0.270 e. The summed E-state index contributed by atoms with van der Waals surface area (Å²) in [5.41, 5.74) is 1.80. The molecule has 3 aromatic rings. The highest BCUT2D eigenvalue weighted by molar-refractivity contribution is 7.18. The molecule has 114 valence electrons. The Kier molecular flexibility index (Phi) is 3.91. The first kappa shape index (κ1) is 14.9. The number of thiazole rings is 1. The van der Waals surface area contributed by atoms with Crippen LogP contribution in [0, 0.1) is 21.4 Å². The van der Waals surface area contributed by atoms with E-state index >= 15 is 0 Å². The molecule has 0 spiro atoms. The largest absolute Gasteiger partial charge is 0.367 e. The van der Waals surface area contributed by atoms with Gasteiger partial charge in [-0.05, 0) is 18.2 Å². The van der Waals surface area contributed by atoms with Gasteiger partial charge in [-0.15, -0.1) is 11.3 Å². The molecule has 0 aliphatic rings. The van der Waals surface area contributed by atoms with E-state index < -0.39 is 4.92 Å². The summed E-state index contributed by atoms with van der Waals surface area (Å²) in [6.45, 7) is 0.534. The SMILES string of the molecule is CN(Cc1nc2ccccc2s1)c1ccc([N+](=O)[O-])cc1C#N. The number of nitrogens with zero attached hydrogens (tertiary/aromatic N) is 4. The van der Waals surface area contributed by atoms with Gasteiger partial charge < -0.3 is 4.90 Å². The van der Waals surface area contributed by atoms with Crippen molar-refractivity contribution in [3.63, 3.8) is 0 Å². The van der Waals surface area contributed by atoms with Crippen molar-refractivity contribution in [2.24, 2.45) is 0 Å². The monoisotopic (exact) mass is 324 g/mol. The number of aromatic nitrogens is 1. The van der Waals surface area contributed by atoms with Crippen LogP contribution < -0.4 is 4.90 Å². The minimum atomic E-state index is -0.502. The Morgan fingerprint density at radius 1 is 1.35 bits per heavy atom. The number of para-hydroxylation sites is 1. The third kappa shape index (κ3) is 2.98. The Labute approximate surface area is 136 Å². The van der Waals surface area contributed by atoms with E-state index in [1.165, 1.54) is 12.1 Å². The molecule has 1 heterocycles. The number of anilines is 1. The fraction of sp³-hybridized carbons (Fsp3) is 0.125. The average Bonchev–Trinajstić information content (AvgIpc) is 2.96. The zero-order valence-electron chi connectivity index (χ0n) is 12.3. The highest BCUT2D eigenvalue weighted by Gasteiger charge is 2.15. The Hall–Kier alpha value is -2.98. The maximum Gasteiger partial charge on any atom is 0.270 e. The third-order valence-electron chi connectivity index (χ3n) is 3.43. The minimum absolute atomic E-state index is 0.0845. The van der Waals surface area contributed by atoms with Gasteiger partial charge in [-0.25, -0.2) is 4.98 Å². The molecule has 2 aromatic carbocycles. The second-order valence-electron chi connectivity index (χ2n) is 5.00. The molecule has 1 aromatic heterocycles. The number of hydrogen-bond acceptors (Lipinski definition) is 6. The van der Waals surface area contributed by atoms with E-state index in [9.17, 15) is 15.4 Å². The second-order valence-corrected chi connectivity index (χ2v) is 6.12. The molecule has 0 bridgehead atoms. The van der Waals surface area contributed by atoms with Gasteiger partial charge in [0.25, 0.3) is 5.69 Å². The molecule has 0 saturated heterocycles. The summed E-state index contributed by atoms with van der Waals surface area (Å²) in [6.07, 6.45) is 0. The van der Waals surface area contributed by atoms with Gasteiger partial charge in [0.1, 0.15) is 11.1 Å². The molecule has 6 nitrogen and oxygen atoms in total. The van der Waals surface area contributed by atoms with E-state index in [2.05, 4.69) is 4.98 Å². The van der Waals surface area contributed by atoms with Gasteiger partial charge in [-0.1, -0.05) is 12.1 Å². The number of fused-ring (bicyclic) bond motifs is 1. The molecule has 0 saturated carbocycles. The lowest BCUT2D eigenvalue weighted by atomic mass is 10.1. The van der Waals surface area contributed by atoms with Crippen molar-refractivity contribution in [2.45, 2.75) is 6.54 Å². The van der Waals surface area contributed by atoms with Gasteiger partial charge in [-0.2, -0.15) is 5.26 Å². The number of nitriles is 1. The predicted molar refractivity (Wildman–Crippen MR) is 89.5 cm³/mol. The van der Waals surface area contributed by atoms with E-state index in [1.54, 1.807) is 17.4 Å². The average molecular weight is 324 g/mol. The van der Waals surface area contributed by atoms with E-state index in [0.29, 0.717) is 12.2 Å². The third-order valence-corrected chi connectivity index (χ3v) is 4.45. The van der Waals surface area contributed by atoms with Crippen LogP contribution in [0.3, 0.4) is 0 Å². The summed E-state index contributed by atoms with van der Waals surface area (Å²) in [4.78, 5) is 16.8. The van der Waals surface area contributed by atoms with Crippen molar-refractivity contribution in [1.29, 1.82) is 5.26 Å². The molecule has 0 N–H and O–H groups in total. The standard InChI is InChI=1S/C16H12N4O2S/c1-19(10-16-18-13-4-2-3-5-15(13)23-16)14-7-6-12(20(21)22)8-11(14)9-17/h2-8H,10H2,1H3. The molecule has 0 fully saturated rings. The van der Waals surface area contributed by atoms with Gasteiger partial charge in [0.05, 0.1) is 32.9 Å². The van der Waals surface area contributed by atoms with Crippen LogP contribution in [-0.4, -0.2) is 17.0 Å². The lowest BCUT2D eigenvalue weighted by Crippen LogP contribution is -2.17. The summed E-state index contributed by atoms with van der Waals surface area (Å²) in [5.74, 6) is 0. The summed E-state index contributed by atoms with van der Waals surface area (Å²) >= 11 is 1.60. The van der Waals surface area contributed by atoms with Gasteiger partial charge in [0.15, 0.2) is 0 Å². The molecule has 0 amide bonds. The number of rotatable bonds is 4. The number of hydrogen-bond donors (Lipinski definition) is 0. The van der Waals surface area contributed by atoms with Crippen molar-refractivity contribution < 1.29 is 4.92 Å². The Balaban J connectivity index is 1.89. The van der Waals surface area contributed by atoms with Crippen molar-refractivity contribution in [3.05, 3.63) is 63.1 Å². The predicted octanol–water partition coefficient (Wildman–Crippen LogP) is 3.71. The normalized spacial score (nSPS) is 10.4. The van der Waals surface area contributed by atoms with Gasteiger partial charge in [0.2, 0.25) is 0 Å².